The molecule has 0 amide bonds. The van der Waals surface area contributed by atoms with Crippen molar-refractivity contribution in [1.82, 2.24) is 0 Å². The van der Waals surface area contributed by atoms with Gasteiger partial charge >= 0.3 is 0 Å². The predicted molar refractivity (Wildman–Crippen MR) is 85.4 cm³/mol. The number of hydrogen-bond donors (Lipinski definition) is 0. The van der Waals surface area contributed by atoms with Gasteiger partial charge in [0.05, 0.1) is 0 Å². The molecule has 1 fully saturated rings. The van der Waals surface area contributed by atoms with Gasteiger partial charge in [-0.3, -0.25) is 0 Å². The Labute approximate surface area is 118 Å². The third-order valence-electron chi connectivity index (χ3n) is 4.68. The highest BCUT2D eigenvalue weighted by molar-refractivity contribution is 5.48. The molecule has 0 nitrogen and oxygen atoms in total. The zero-order valence-electron chi connectivity index (χ0n) is 12.4. The Bertz CT molecular complexity index is 383. The maximum absolute atomic E-state index is 3.87. The molecule has 0 heteroatoms. The summed E-state index contributed by atoms with van der Waals surface area (Å²) in [5.74, 6) is 1.80. The van der Waals surface area contributed by atoms with E-state index in [9.17, 15) is 0 Å². The molecule has 1 aromatic carbocycles. The molecule has 1 aliphatic carbocycles. The van der Waals surface area contributed by atoms with Crippen molar-refractivity contribution < 1.29 is 0 Å². The standard InChI is InChI=1S/C19H28/c1-3-5-6-8-17-11-13-18(14-12-17)19-10-7-9-16(4-2)15-19/h4,7,9-10,15,17-18H,2-3,5-6,8,11-14H2,1H3. The van der Waals surface area contributed by atoms with Crippen LogP contribution in [0.2, 0.25) is 0 Å². The third-order valence-corrected chi connectivity index (χ3v) is 4.68. The summed E-state index contributed by atoms with van der Waals surface area (Å²) in [7, 11) is 0. The lowest BCUT2D eigenvalue weighted by Gasteiger charge is -2.29. The fourth-order valence-corrected chi connectivity index (χ4v) is 3.41. The summed E-state index contributed by atoms with van der Waals surface area (Å²) >= 11 is 0. The fraction of sp³-hybridized carbons (Fsp3) is 0.579. The molecule has 2 rings (SSSR count). The first-order chi connectivity index (χ1) is 9.33. The Balaban J connectivity index is 1.83. The molecule has 104 valence electrons. The summed E-state index contributed by atoms with van der Waals surface area (Å²) in [5, 5.41) is 0. The van der Waals surface area contributed by atoms with Gasteiger partial charge in [-0.1, -0.05) is 69.5 Å². The number of unbranched alkanes of at least 4 members (excludes halogenated alkanes) is 2. The van der Waals surface area contributed by atoms with Crippen LogP contribution < -0.4 is 0 Å². The van der Waals surface area contributed by atoms with Crippen molar-refractivity contribution in [2.24, 2.45) is 5.92 Å². The number of rotatable bonds is 6. The van der Waals surface area contributed by atoms with E-state index in [0.717, 1.165) is 11.8 Å². The predicted octanol–water partition coefficient (Wildman–Crippen LogP) is 6.18. The van der Waals surface area contributed by atoms with Gasteiger partial charge in [0, 0.05) is 0 Å². The van der Waals surface area contributed by atoms with Gasteiger partial charge in [-0.2, -0.15) is 0 Å². The van der Waals surface area contributed by atoms with Crippen LogP contribution >= 0.6 is 0 Å². The molecule has 1 aliphatic rings. The van der Waals surface area contributed by atoms with Crippen LogP contribution in [0, 0.1) is 5.92 Å². The molecular formula is C19H28. The molecule has 0 heterocycles. The van der Waals surface area contributed by atoms with Crippen molar-refractivity contribution in [3.63, 3.8) is 0 Å². The SMILES string of the molecule is C=Cc1cccc(C2CCC(CCCCC)CC2)c1. The quantitative estimate of drug-likeness (QED) is 0.533. The normalized spacial score (nSPS) is 23.2. The van der Waals surface area contributed by atoms with Crippen LogP contribution in [-0.4, -0.2) is 0 Å². The minimum absolute atomic E-state index is 0.794. The average Bonchev–Trinajstić information content (AvgIpc) is 2.48. The van der Waals surface area contributed by atoms with Crippen molar-refractivity contribution in [2.75, 3.05) is 0 Å². The molecule has 0 N–H and O–H groups in total. The third kappa shape index (κ3) is 4.23. The van der Waals surface area contributed by atoms with Crippen LogP contribution in [0.5, 0.6) is 0 Å². The van der Waals surface area contributed by atoms with E-state index in [0.29, 0.717) is 0 Å². The van der Waals surface area contributed by atoms with Crippen molar-refractivity contribution in [3.05, 3.63) is 42.0 Å². The minimum Gasteiger partial charge on any atom is -0.0985 e. The molecule has 0 aromatic heterocycles. The van der Waals surface area contributed by atoms with Crippen molar-refractivity contribution >= 4 is 6.08 Å². The number of benzene rings is 1. The molecule has 0 spiro atoms. The highest BCUT2D eigenvalue weighted by Crippen LogP contribution is 2.37. The van der Waals surface area contributed by atoms with Gasteiger partial charge < -0.3 is 0 Å². The highest BCUT2D eigenvalue weighted by atomic mass is 14.3. The lowest BCUT2D eigenvalue weighted by molar-refractivity contribution is 0.303. The van der Waals surface area contributed by atoms with Gasteiger partial charge in [0.2, 0.25) is 0 Å². The molecule has 0 saturated heterocycles. The van der Waals surface area contributed by atoms with E-state index in [4.69, 9.17) is 0 Å². The maximum Gasteiger partial charge on any atom is -0.0162 e. The molecule has 0 aliphatic heterocycles. The van der Waals surface area contributed by atoms with E-state index in [-0.39, 0.29) is 0 Å². The summed E-state index contributed by atoms with van der Waals surface area (Å²) < 4.78 is 0. The van der Waals surface area contributed by atoms with Crippen LogP contribution in [0.25, 0.3) is 6.08 Å². The van der Waals surface area contributed by atoms with E-state index in [2.05, 4.69) is 37.8 Å². The summed E-state index contributed by atoms with van der Waals surface area (Å²) in [6, 6.07) is 8.96. The van der Waals surface area contributed by atoms with Gasteiger partial charge in [-0.25, -0.2) is 0 Å². The topological polar surface area (TPSA) is 0 Å². The average molecular weight is 256 g/mol. The molecule has 0 atom stereocenters. The van der Waals surface area contributed by atoms with E-state index in [1.54, 1.807) is 0 Å². The fourth-order valence-electron chi connectivity index (χ4n) is 3.41. The van der Waals surface area contributed by atoms with Crippen molar-refractivity contribution in [3.8, 4) is 0 Å². The molecular weight excluding hydrogens is 228 g/mol. The van der Waals surface area contributed by atoms with Gasteiger partial charge in [0.25, 0.3) is 0 Å². The zero-order chi connectivity index (χ0) is 13.5. The zero-order valence-corrected chi connectivity index (χ0v) is 12.4. The van der Waals surface area contributed by atoms with Crippen LogP contribution in [0.3, 0.4) is 0 Å². The van der Waals surface area contributed by atoms with Crippen LogP contribution in [0.4, 0.5) is 0 Å². The van der Waals surface area contributed by atoms with Crippen LogP contribution in [0.15, 0.2) is 30.8 Å². The molecule has 1 aromatic rings. The largest absolute Gasteiger partial charge is 0.0985 e. The second-order valence-corrected chi connectivity index (χ2v) is 6.09. The van der Waals surface area contributed by atoms with E-state index in [1.807, 2.05) is 6.08 Å². The lowest BCUT2D eigenvalue weighted by atomic mass is 9.77. The molecule has 0 radical (unpaired) electrons. The van der Waals surface area contributed by atoms with Gasteiger partial charge in [-0.05, 0) is 48.6 Å². The lowest BCUT2D eigenvalue weighted by Crippen LogP contribution is -2.13. The van der Waals surface area contributed by atoms with E-state index < -0.39 is 0 Å². The molecule has 19 heavy (non-hydrogen) atoms. The number of hydrogen-bond acceptors (Lipinski definition) is 0. The minimum atomic E-state index is 0.794. The summed E-state index contributed by atoms with van der Waals surface area (Å²) in [5.41, 5.74) is 2.80. The van der Waals surface area contributed by atoms with Crippen LogP contribution in [0.1, 0.15) is 75.3 Å². The second-order valence-electron chi connectivity index (χ2n) is 6.09. The van der Waals surface area contributed by atoms with Gasteiger partial charge in [-0.15, -0.1) is 0 Å². The highest BCUT2D eigenvalue weighted by Gasteiger charge is 2.21. The Hall–Kier alpha value is -1.04. The monoisotopic (exact) mass is 256 g/mol. The second kappa shape index (κ2) is 7.53. The Morgan fingerprint density at radius 1 is 1.16 bits per heavy atom. The smallest absolute Gasteiger partial charge is 0.0162 e. The Kier molecular flexibility index (Phi) is 5.69. The first kappa shape index (κ1) is 14.4. The van der Waals surface area contributed by atoms with E-state index >= 15 is 0 Å². The Morgan fingerprint density at radius 3 is 2.63 bits per heavy atom. The maximum atomic E-state index is 3.87. The summed E-state index contributed by atoms with van der Waals surface area (Å²) in [6.45, 7) is 6.17. The van der Waals surface area contributed by atoms with Gasteiger partial charge in [0.15, 0.2) is 0 Å². The Morgan fingerprint density at radius 2 is 1.95 bits per heavy atom. The molecule has 0 bridgehead atoms. The summed E-state index contributed by atoms with van der Waals surface area (Å²) in [4.78, 5) is 0. The molecule has 0 unspecified atom stereocenters. The van der Waals surface area contributed by atoms with Crippen LogP contribution in [-0.2, 0) is 0 Å². The first-order valence-electron chi connectivity index (χ1n) is 8.06. The molecule has 1 saturated carbocycles. The summed E-state index contributed by atoms with van der Waals surface area (Å²) in [6.07, 6.45) is 13.3. The van der Waals surface area contributed by atoms with E-state index in [1.165, 1.54) is 62.5 Å². The van der Waals surface area contributed by atoms with Crippen molar-refractivity contribution in [1.29, 1.82) is 0 Å². The van der Waals surface area contributed by atoms with Gasteiger partial charge in [0.1, 0.15) is 0 Å². The first-order valence-corrected chi connectivity index (χ1v) is 8.06. The van der Waals surface area contributed by atoms with Crippen molar-refractivity contribution in [2.45, 2.75) is 64.2 Å².